The molecule has 0 saturated carbocycles. The number of nitrogens with zero attached hydrogens (tertiary/aromatic N) is 1. The number of fused-ring (bicyclic) bond motifs is 1. The highest BCUT2D eigenvalue weighted by Gasteiger charge is 2.39. The van der Waals surface area contributed by atoms with Gasteiger partial charge in [0.1, 0.15) is 5.75 Å². The van der Waals surface area contributed by atoms with Gasteiger partial charge in [-0.1, -0.05) is 26.0 Å². The fraction of sp³-hybridized carbons (Fsp3) is 0.611. The van der Waals surface area contributed by atoms with Gasteiger partial charge in [0, 0.05) is 26.2 Å². The molecule has 0 aliphatic carbocycles. The normalized spacial score (nSPS) is 24.3. The van der Waals surface area contributed by atoms with Gasteiger partial charge < -0.3 is 15.0 Å². The Balaban J connectivity index is 0.00000192. The third kappa shape index (κ3) is 3.99. The van der Waals surface area contributed by atoms with Crippen molar-refractivity contribution in [2.24, 2.45) is 11.8 Å². The van der Waals surface area contributed by atoms with Crippen molar-refractivity contribution in [3.8, 4) is 5.75 Å². The molecule has 2 fully saturated rings. The van der Waals surface area contributed by atoms with E-state index in [9.17, 15) is 4.79 Å². The van der Waals surface area contributed by atoms with E-state index in [4.69, 9.17) is 4.74 Å². The second-order valence-corrected chi connectivity index (χ2v) is 6.91. The first kappa shape index (κ1) is 18.1. The van der Waals surface area contributed by atoms with E-state index >= 15 is 0 Å². The number of carbonyl (C=O) groups is 1. The summed E-state index contributed by atoms with van der Waals surface area (Å²) in [4.78, 5) is 14.6. The van der Waals surface area contributed by atoms with Crippen LogP contribution in [0.15, 0.2) is 24.3 Å². The van der Waals surface area contributed by atoms with Crippen molar-refractivity contribution >= 4 is 18.3 Å². The molecule has 128 valence electrons. The summed E-state index contributed by atoms with van der Waals surface area (Å²) in [7, 11) is 0. The van der Waals surface area contributed by atoms with Crippen LogP contribution in [0.5, 0.6) is 5.75 Å². The second-order valence-electron chi connectivity index (χ2n) is 6.91. The largest absolute Gasteiger partial charge is 0.481 e. The van der Waals surface area contributed by atoms with Crippen molar-refractivity contribution in [3.05, 3.63) is 29.8 Å². The number of halogens is 1. The van der Waals surface area contributed by atoms with Gasteiger partial charge in [0.2, 0.25) is 0 Å². The standard InChI is InChI=1S/C18H26N2O2.ClH/c1-12(2)14-5-4-6-17(7-14)22-13(3)18(21)20-10-15-8-19-9-16(15)11-20;/h4-7,12-13,15-16,19H,8-11H2,1-3H3;1H/t13?,15-,16+;. The van der Waals surface area contributed by atoms with Crippen LogP contribution < -0.4 is 10.1 Å². The van der Waals surface area contributed by atoms with Crippen molar-refractivity contribution < 1.29 is 9.53 Å². The topological polar surface area (TPSA) is 41.6 Å². The fourth-order valence-electron chi connectivity index (χ4n) is 3.49. The number of ether oxygens (including phenoxy) is 1. The minimum atomic E-state index is -0.422. The van der Waals surface area contributed by atoms with E-state index in [2.05, 4.69) is 25.2 Å². The molecule has 0 spiro atoms. The summed E-state index contributed by atoms with van der Waals surface area (Å²) in [6, 6.07) is 8.06. The number of benzene rings is 1. The number of carbonyl (C=O) groups excluding carboxylic acids is 1. The molecule has 23 heavy (non-hydrogen) atoms. The zero-order valence-corrected chi connectivity index (χ0v) is 14.9. The predicted molar refractivity (Wildman–Crippen MR) is 94.3 cm³/mol. The molecular weight excluding hydrogens is 312 g/mol. The first-order chi connectivity index (χ1) is 10.5. The molecule has 1 amide bonds. The highest BCUT2D eigenvalue weighted by molar-refractivity contribution is 5.85. The molecule has 2 heterocycles. The highest BCUT2D eigenvalue weighted by atomic mass is 35.5. The summed E-state index contributed by atoms with van der Waals surface area (Å²) < 4.78 is 5.89. The Morgan fingerprint density at radius 2 is 1.87 bits per heavy atom. The predicted octanol–water partition coefficient (Wildman–Crippen LogP) is 2.68. The van der Waals surface area contributed by atoms with Crippen LogP contribution >= 0.6 is 12.4 Å². The monoisotopic (exact) mass is 338 g/mol. The van der Waals surface area contributed by atoms with E-state index in [0.717, 1.165) is 31.9 Å². The van der Waals surface area contributed by atoms with Crippen LogP contribution in [-0.2, 0) is 4.79 Å². The molecule has 0 radical (unpaired) electrons. The van der Waals surface area contributed by atoms with E-state index in [1.165, 1.54) is 5.56 Å². The van der Waals surface area contributed by atoms with Gasteiger partial charge in [0.15, 0.2) is 6.10 Å². The zero-order valence-electron chi connectivity index (χ0n) is 14.1. The average molecular weight is 339 g/mol. The third-order valence-electron chi connectivity index (χ3n) is 4.89. The number of nitrogens with one attached hydrogen (secondary N) is 1. The molecule has 3 atom stereocenters. The lowest BCUT2D eigenvalue weighted by molar-refractivity contribution is -0.137. The Morgan fingerprint density at radius 1 is 1.22 bits per heavy atom. The Bertz CT molecular complexity index is 538. The molecule has 4 nitrogen and oxygen atoms in total. The smallest absolute Gasteiger partial charge is 0.263 e. The lowest BCUT2D eigenvalue weighted by atomic mass is 10.0. The van der Waals surface area contributed by atoms with E-state index in [1.807, 2.05) is 30.0 Å². The zero-order chi connectivity index (χ0) is 15.7. The van der Waals surface area contributed by atoms with Gasteiger partial charge in [-0.15, -0.1) is 12.4 Å². The number of amides is 1. The fourth-order valence-corrected chi connectivity index (χ4v) is 3.49. The molecular formula is C18H27ClN2O2. The summed E-state index contributed by atoms with van der Waals surface area (Å²) in [6.07, 6.45) is -0.422. The summed E-state index contributed by atoms with van der Waals surface area (Å²) >= 11 is 0. The van der Waals surface area contributed by atoms with Crippen molar-refractivity contribution in [2.45, 2.75) is 32.8 Å². The Labute approximate surface area is 145 Å². The van der Waals surface area contributed by atoms with E-state index in [1.54, 1.807) is 0 Å². The number of hydrogen-bond donors (Lipinski definition) is 1. The molecule has 2 aliphatic heterocycles. The molecule has 0 bridgehead atoms. The number of likely N-dealkylation sites (tertiary alicyclic amines) is 1. The number of rotatable bonds is 4. The van der Waals surface area contributed by atoms with Gasteiger partial charge in [-0.3, -0.25) is 4.79 Å². The van der Waals surface area contributed by atoms with E-state index in [-0.39, 0.29) is 18.3 Å². The lowest BCUT2D eigenvalue weighted by Gasteiger charge is -2.23. The van der Waals surface area contributed by atoms with Crippen molar-refractivity contribution in [1.82, 2.24) is 10.2 Å². The number of hydrogen-bond acceptors (Lipinski definition) is 3. The molecule has 3 rings (SSSR count). The second kappa shape index (κ2) is 7.54. The van der Waals surface area contributed by atoms with Crippen LogP contribution in [0.2, 0.25) is 0 Å². The summed E-state index contributed by atoms with van der Waals surface area (Å²) in [5.74, 6) is 2.61. The minimum absolute atomic E-state index is 0. The third-order valence-corrected chi connectivity index (χ3v) is 4.89. The van der Waals surface area contributed by atoms with Crippen LogP contribution in [0.4, 0.5) is 0 Å². The van der Waals surface area contributed by atoms with E-state index < -0.39 is 6.10 Å². The highest BCUT2D eigenvalue weighted by Crippen LogP contribution is 2.27. The van der Waals surface area contributed by atoms with Gasteiger partial charge in [-0.05, 0) is 42.4 Å². The molecule has 0 aromatic heterocycles. The van der Waals surface area contributed by atoms with Crippen LogP contribution in [0.3, 0.4) is 0 Å². The molecule has 1 unspecified atom stereocenters. The average Bonchev–Trinajstić information content (AvgIpc) is 3.07. The van der Waals surface area contributed by atoms with Gasteiger partial charge in [0.25, 0.3) is 5.91 Å². The van der Waals surface area contributed by atoms with Crippen LogP contribution in [-0.4, -0.2) is 43.1 Å². The first-order valence-electron chi connectivity index (χ1n) is 8.30. The maximum absolute atomic E-state index is 12.6. The van der Waals surface area contributed by atoms with Gasteiger partial charge in [0.05, 0.1) is 0 Å². The summed E-state index contributed by atoms with van der Waals surface area (Å²) in [5.41, 5.74) is 1.24. The maximum Gasteiger partial charge on any atom is 0.263 e. The molecule has 2 saturated heterocycles. The Hall–Kier alpha value is -1.26. The Kier molecular flexibility index (Phi) is 5.93. The van der Waals surface area contributed by atoms with Crippen molar-refractivity contribution in [2.75, 3.05) is 26.2 Å². The summed E-state index contributed by atoms with van der Waals surface area (Å²) in [5, 5.41) is 3.40. The van der Waals surface area contributed by atoms with Gasteiger partial charge in [-0.25, -0.2) is 0 Å². The first-order valence-corrected chi connectivity index (χ1v) is 8.30. The SMILES string of the molecule is CC(Oc1cccc(C(C)C)c1)C(=O)N1C[C@H]2CNC[C@H]2C1.Cl. The molecule has 1 aromatic carbocycles. The Morgan fingerprint density at radius 3 is 2.48 bits per heavy atom. The van der Waals surface area contributed by atoms with Crippen LogP contribution in [0, 0.1) is 11.8 Å². The molecule has 1 N–H and O–H groups in total. The molecule has 5 heteroatoms. The summed E-state index contributed by atoms with van der Waals surface area (Å²) in [6.45, 7) is 10.00. The lowest BCUT2D eigenvalue weighted by Crippen LogP contribution is -2.40. The van der Waals surface area contributed by atoms with Gasteiger partial charge >= 0.3 is 0 Å². The molecule has 2 aliphatic rings. The van der Waals surface area contributed by atoms with Crippen molar-refractivity contribution in [1.29, 1.82) is 0 Å². The van der Waals surface area contributed by atoms with Crippen molar-refractivity contribution in [3.63, 3.8) is 0 Å². The minimum Gasteiger partial charge on any atom is -0.481 e. The molecule has 1 aromatic rings. The van der Waals surface area contributed by atoms with Crippen LogP contribution in [0.25, 0.3) is 0 Å². The van der Waals surface area contributed by atoms with Gasteiger partial charge in [-0.2, -0.15) is 0 Å². The quantitative estimate of drug-likeness (QED) is 0.917. The van der Waals surface area contributed by atoms with Crippen LogP contribution in [0.1, 0.15) is 32.3 Å². The van der Waals surface area contributed by atoms with E-state index in [0.29, 0.717) is 17.8 Å². The maximum atomic E-state index is 12.6.